The van der Waals surface area contributed by atoms with E-state index in [0.717, 1.165) is 19.5 Å². The summed E-state index contributed by atoms with van der Waals surface area (Å²) < 4.78 is 0. The summed E-state index contributed by atoms with van der Waals surface area (Å²) in [4.78, 5) is 5.73. The van der Waals surface area contributed by atoms with E-state index in [1.807, 2.05) is 34.0 Å². The van der Waals surface area contributed by atoms with Crippen LogP contribution in [0.4, 0.5) is 0 Å². The first-order valence-corrected chi connectivity index (χ1v) is 4.00. The summed E-state index contributed by atoms with van der Waals surface area (Å²) in [5, 5.41) is 6.46. The lowest BCUT2D eigenvalue weighted by molar-refractivity contribution is 0.403. The molecule has 3 nitrogen and oxygen atoms in total. The fraction of sp³-hybridized carbons (Fsp3) is 0.875. The van der Waals surface area contributed by atoms with E-state index in [1.54, 1.807) is 0 Å². The van der Waals surface area contributed by atoms with Crippen molar-refractivity contribution in [1.82, 2.24) is 4.90 Å². The molecule has 0 unspecified atom stereocenters. The summed E-state index contributed by atoms with van der Waals surface area (Å²) in [7, 11) is 4.04. The van der Waals surface area contributed by atoms with Crippen LogP contribution in [0.2, 0.25) is 0 Å². The number of nitrogens with one attached hydrogen (secondary N) is 1. The van der Waals surface area contributed by atoms with Gasteiger partial charge >= 0.3 is 0 Å². The van der Waals surface area contributed by atoms with Crippen molar-refractivity contribution in [2.24, 2.45) is 4.99 Å². The van der Waals surface area contributed by atoms with Gasteiger partial charge in [0.2, 0.25) is 0 Å². The molecule has 0 spiro atoms. The SMILES string of the molecule is CC.CN(C)CCCN=C=N. The van der Waals surface area contributed by atoms with E-state index in [1.165, 1.54) is 0 Å². The standard InChI is InChI=1S/C6H13N3.C2H6/c1-9(2)5-3-4-8-6-7;1-2/h7H,3-5H2,1-2H3;1-2H3. The average molecular weight is 157 g/mol. The van der Waals surface area contributed by atoms with E-state index in [4.69, 9.17) is 5.41 Å². The van der Waals surface area contributed by atoms with E-state index in [2.05, 4.69) is 9.89 Å². The molecular formula is C8H19N3. The third-order valence-electron chi connectivity index (χ3n) is 0.954. The van der Waals surface area contributed by atoms with Crippen molar-refractivity contribution < 1.29 is 0 Å². The summed E-state index contributed by atoms with van der Waals surface area (Å²) in [6.07, 6.45) is 1.01. The van der Waals surface area contributed by atoms with E-state index in [-0.39, 0.29) is 0 Å². The van der Waals surface area contributed by atoms with Gasteiger partial charge in [0, 0.05) is 0 Å². The topological polar surface area (TPSA) is 39.5 Å². The van der Waals surface area contributed by atoms with E-state index < -0.39 is 0 Å². The van der Waals surface area contributed by atoms with Gasteiger partial charge in [0.1, 0.15) is 0 Å². The molecule has 0 fully saturated rings. The van der Waals surface area contributed by atoms with Crippen LogP contribution in [0.5, 0.6) is 0 Å². The first kappa shape index (κ1) is 13.0. The minimum absolute atomic E-state index is 0.724. The summed E-state index contributed by atoms with van der Waals surface area (Å²) >= 11 is 0. The van der Waals surface area contributed by atoms with Crippen LogP contribution in [0.15, 0.2) is 4.99 Å². The minimum atomic E-state index is 0.724. The lowest BCUT2D eigenvalue weighted by Gasteiger charge is -2.05. The van der Waals surface area contributed by atoms with Crippen LogP contribution in [-0.4, -0.2) is 38.1 Å². The lowest BCUT2D eigenvalue weighted by atomic mass is 10.4. The molecule has 0 bridgehead atoms. The molecular weight excluding hydrogens is 138 g/mol. The normalized spacial score (nSPS) is 8.09. The first-order chi connectivity index (χ1) is 5.27. The number of aliphatic imine (C=N–C) groups is 1. The Hall–Kier alpha value is -0.660. The van der Waals surface area contributed by atoms with Crippen LogP contribution in [0.3, 0.4) is 0 Å². The summed E-state index contributed by atoms with van der Waals surface area (Å²) in [6.45, 7) is 5.76. The fourth-order valence-corrected chi connectivity index (χ4v) is 0.522. The Kier molecular flexibility index (Phi) is 14.2. The lowest BCUT2D eigenvalue weighted by Crippen LogP contribution is -2.13. The van der Waals surface area contributed by atoms with Crippen LogP contribution < -0.4 is 0 Å². The van der Waals surface area contributed by atoms with Crippen molar-refractivity contribution in [2.45, 2.75) is 20.3 Å². The van der Waals surface area contributed by atoms with Gasteiger partial charge in [-0.15, -0.1) is 0 Å². The van der Waals surface area contributed by atoms with Crippen molar-refractivity contribution >= 4 is 6.01 Å². The van der Waals surface area contributed by atoms with Crippen molar-refractivity contribution in [1.29, 1.82) is 5.41 Å². The number of hydrogen-bond donors (Lipinski definition) is 1. The molecule has 3 heteroatoms. The molecule has 0 saturated heterocycles. The molecule has 66 valence electrons. The molecule has 0 aliphatic heterocycles. The first-order valence-electron chi connectivity index (χ1n) is 4.00. The Morgan fingerprint density at radius 1 is 1.36 bits per heavy atom. The maximum Gasteiger partial charge on any atom is 0.0861 e. The van der Waals surface area contributed by atoms with E-state index >= 15 is 0 Å². The van der Waals surface area contributed by atoms with Gasteiger partial charge in [-0.1, -0.05) is 13.8 Å². The highest BCUT2D eigenvalue weighted by atomic mass is 15.0. The molecule has 11 heavy (non-hydrogen) atoms. The van der Waals surface area contributed by atoms with Crippen LogP contribution >= 0.6 is 0 Å². The highest BCUT2D eigenvalue weighted by Crippen LogP contribution is 1.82. The average Bonchev–Trinajstić information content (AvgIpc) is 2.02. The smallest absolute Gasteiger partial charge is 0.0861 e. The van der Waals surface area contributed by atoms with E-state index in [9.17, 15) is 0 Å². The predicted octanol–water partition coefficient (Wildman–Crippen LogP) is 1.72. The Labute approximate surface area is 69.6 Å². The molecule has 0 aromatic rings. The van der Waals surface area contributed by atoms with Gasteiger partial charge in [0.25, 0.3) is 0 Å². The van der Waals surface area contributed by atoms with Crippen molar-refractivity contribution in [3.8, 4) is 0 Å². The predicted molar refractivity (Wildman–Crippen MR) is 49.5 cm³/mol. The summed E-state index contributed by atoms with van der Waals surface area (Å²) in [5.74, 6) is 0. The number of rotatable bonds is 4. The van der Waals surface area contributed by atoms with Crippen molar-refractivity contribution in [2.75, 3.05) is 27.2 Å². The largest absolute Gasteiger partial charge is 0.309 e. The zero-order chi connectivity index (χ0) is 9.11. The summed E-state index contributed by atoms with van der Waals surface area (Å²) in [5.41, 5.74) is 0. The zero-order valence-electron chi connectivity index (χ0n) is 8.02. The third kappa shape index (κ3) is 17.6. The monoisotopic (exact) mass is 157 g/mol. The second-order valence-corrected chi connectivity index (χ2v) is 2.15. The van der Waals surface area contributed by atoms with Gasteiger partial charge in [-0.05, 0) is 27.1 Å². The van der Waals surface area contributed by atoms with Crippen LogP contribution in [0, 0.1) is 5.41 Å². The fourth-order valence-electron chi connectivity index (χ4n) is 0.522. The number of nitrogens with zero attached hydrogens (tertiary/aromatic N) is 2. The molecule has 0 radical (unpaired) electrons. The molecule has 0 aliphatic rings. The Balaban J connectivity index is 0. The minimum Gasteiger partial charge on any atom is -0.309 e. The van der Waals surface area contributed by atoms with E-state index in [0.29, 0.717) is 0 Å². The molecule has 1 N–H and O–H groups in total. The molecule has 0 atom stereocenters. The molecule has 0 amide bonds. The maximum atomic E-state index is 6.46. The van der Waals surface area contributed by atoms with Crippen molar-refractivity contribution in [3.63, 3.8) is 0 Å². The van der Waals surface area contributed by atoms with Gasteiger partial charge in [0.05, 0.1) is 12.6 Å². The molecule has 0 aromatic carbocycles. The Morgan fingerprint density at radius 2 is 1.91 bits per heavy atom. The van der Waals surface area contributed by atoms with Gasteiger partial charge < -0.3 is 4.90 Å². The van der Waals surface area contributed by atoms with Crippen LogP contribution in [0.1, 0.15) is 20.3 Å². The quantitative estimate of drug-likeness (QED) is 0.490. The molecule has 0 heterocycles. The maximum absolute atomic E-state index is 6.46. The van der Waals surface area contributed by atoms with Gasteiger partial charge in [0.15, 0.2) is 0 Å². The zero-order valence-corrected chi connectivity index (χ0v) is 8.02. The van der Waals surface area contributed by atoms with Gasteiger partial charge in [-0.2, -0.15) is 0 Å². The molecule has 0 aromatic heterocycles. The number of hydrogen-bond acceptors (Lipinski definition) is 3. The van der Waals surface area contributed by atoms with Gasteiger partial charge in [-0.25, -0.2) is 10.4 Å². The highest BCUT2D eigenvalue weighted by molar-refractivity contribution is 5.35. The van der Waals surface area contributed by atoms with Crippen LogP contribution in [-0.2, 0) is 0 Å². The van der Waals surface area contributed by atoms with Crippen LogP contribution in [0.25, 0.3) is 0 Å². The second-order valence-electron chi connectivity index (χ2n) is 2.15. The van der Waals surface area contributed by atoms with Gasteiger partial charge in [-0.3, -0.25) is 0 Å². The Bertz CT molecular complexity index is 104. The summed E-state index contributed by atoms with van der Waals surface area (Å²) in [6, 6.07) is 2.00. The molecule has 0 aliphatic carbocycles. The Morgan fingerprint density at radius 3 is 2.27 bits per heavy atom. The molecule has 0 rings (SSSR count). The highest BCUT2D eigenvalue weighted by Gasteiger charge is 1.86. The van der Waals surface area contributed by atoms with Crippen molar-refractivity contribution in [3.05, 3.63) is 0 Å². The second kappa shape index (κ2) is 12.1. The molecule has 0 saturated carbocycles. The third-order valence-corrected chi connectivity index (χ3v) is 0.954.